The minimum atomic E-state index is -1.09. The van der Waals surface area contributed by atoms with E-state index in [2.05, 4.69) is 5.32 Å². The van der Waals surface area contributed by atoms with Crippen molar-refractivity contribution < 1.29 is 23.7 Å². The number of benzene rings is 1. The molecule has 0 aliphatic heterocycles. The lowest BCUT2D eigenvalue weighted by atomic mass is 10.3. The van der Waals surface area contributed by atoms with E-state index in [-0.39, 0.29) is 5.76 Å². The molecule has 2 rings (SSSR count). The maximum atomic E-state index is 11.9. The summed E-state index contributed by atoms with van der Waals surface area (Å²) in [5.74, 6) is -2.40. The molecule has 8 nitrogen and oxygen atoms in total. The number of furan rings is 1. The fraction of sp³-hybridized carbons (Fsp3) is 0.143. The van der Waals surface area contributed by atoms with Crippen LogP contribution in [0, 0.1) is 10.1 Å². The van der Waals surface area contributed by atoms with E-state index in [0.29, 0.717) is 5.69 Å². The van der Waals surface area contributed by atoms with Crippen molar-refractivity contribution in [2.24, 2.45) is 0 Å². The van der Waals surface area contributed by atoms with Gasteiger partial charge in [0, 0.05) is 5.69 Å². The highest BCUT2D eigenvalue weighted by atomic mass is 16.7. The van der Waals surface area contributed by atoms with E-state index in [4.69, 9.17) is 9.15 Å². The van der Waals surface area contributed by atoms with Crippen molar-refractivity contribution >= 4 is 23.4 Å². The number of esters is 1. The third-order valence-corrected chi connectivity index (χ3v) is 2.67. The Morgan fingerprint density at radius 1 is 1.23 bits per heavy atom. The average molecular weight is 304 g/mol. The maximum Gasteiger partial charge on any atom is 0.433 e. The molecule has 1 heterocycles. The number of nitrogens with one attached hydrogen (secondary N) is 1. The van der Waals surface area contributed by atoms with Crippen LogP contribution in [0.3, 0.4) is 0 Å². The first-order chi connectivity index (χ1) is 10.5. The van der Waals surface area contributed by atoms with Gasteiger partial charge in [-0.2, -0.15) is 0 Å². The second-order valence-electron chi connectivity index (χ2n) is 4.30. The molecular weight excluding hydrogens is 292 g/mol. The van der Waals surface area contributed by atoms with Gasteiger partial charge in [0.2, 0.25) is 5.76 Å². The number of carbonyl (C=O) groups is 2. The van der Waals surface area contributed by atoms with Crippen LogP contribution in [-0.4, -0.2) is 22.9 Å². The molecule has 0 aliphatic rings. The molecule has 114 valence electrons. The summed E-state index contributed by atoms with van der Waals surface area (Å²) < 4.78 is 9.60. The molecule has 0 spiro atoms. The Morgan fingerprint density at radius 2 is 1.91 bits per heavy atom. The van der Waals surface area contributed by atoms with Crippen molar-refractivity contribution in [2.45, 2.75) is 13.0 Å². The van der Waals surface area contributed by atoms with E-state index in [1.54, 1.807) is 30.3 Å². The van der Waals surface area contributed by atoms with Crippen molar-refractivity contribution in [1.82, 2.24) is 0 Å². The predicted molar refractivity (Wildman–Crippen MR) is 75.3 cm³/mol. The van der Waals surface area contributed by atoms with Crippen LogP contribution < -0.4 is 5.32 Å². The summed E-state index contributed by atoms with van der Waals surface area (Å²) in [6.45, 7) is 1.38. The first-order valence-electron chi connectivity index (χ1n) is 6.28. The number of carbonyl (C=O) groups excluding carboxylic acids is 2. The van der Waals surface area contributed by atoms with E-state index in [0.717, 1.165) is 12.1 Å². The average Bonchev–Trinajstić information content (AvgIpc) is 2.98. The van der Waals surface area contributed by atoms with Gasteiger partial charge in [0.25, 0.3) is 5.91 Å². The molecule has 8 heteroatoms. The van der Waals surface area contributed by atoms with Crippen molar-refractivity contribution in [3.05, 3.63) is 58.3 Å². The molecule has 0 unspecified atom stereocenters. The Morgan fingerprint density at radius 3 is 2.50 bits per heavy atom. The van der Waals surface area contributed by atoms with Gasteiger partial charge in [-0.1, -0.05) is 18.2 Å². The molecule has 0 fully saturated rings. The molecule has 0 bridgehead atoms. The van der Waals surface area contributed by atoms with Crippen LogP contribution in [0.2, 0.25) is 0 Å². The molecule has 0 saturated heterocycles. The van der Waals surface area contributed by atoms with E-state index < -0.39 is 28.8 Å². The Kier molecular flexibility index (Phi) is 4.52. The standard InChI is InChI=1S/C14H12N2O6/c1-9(13(17)15-10-5-3-2-4-6-10)21-14(18)11-7-8-12(22-11)16(19)20/h2-9H,1H3,(H,15,17)/t9-/m0/s1. The highest BCUT2D eigenvalue weighted by Crippen LogP contribution is 2.17. The third-order valence-electron chi connectivity index (χ3n) is 2.67. The van der Waals surface area contributed by atoms with Gasteiger partial charge in [0.15, 0.2) is 6.10 Å². The molecule has 0 radical (unpaired) electrons. The topological polar surface area (TPSA) is 112 Å². The maximum absolute atomic E-state index is 11.9. The molecular formula is C14H12N2O6. The predicted octanol–water partition coefficient (Wildman–Crippen LogP) is 2.37. The molecule has 1 atom stereocenters. The Hall–Kier alpha value is -3.16. The number of hydrogen-bond acceptors (Lipinski definition) is 6. The van der Waals surface area contributed by atoms with Crippen molar-refractivity contribution in [3.8, 4) is 0 Å². The normalized spacial score (nSPS) is 11.5. The number of ether oxygens (including phenoxy) is 1. The third kappa shape index (κ3) is 3.69. The smallest absolute Gasteiger partial charge is 0.433 e. The van der Waals surface area contributed by atoms with E-state index >= 15 is 0 Å². The Balaban J connectivity index is 1.95. The second-order valence-corrected chi connectivity index (χ2v) is 4.30. The molecule has 1 amide bonds. The fourth-order valence-electron chi connectivity index (χ4n) is 1.57. The molecule has 1 aromatic carbocycles. The van der Waals surface area contributed by atoms with Crippen molar-refractivity contribution in [2.75, 3.05) is 5.32 Å². The van der Waals surface area contributed by atoms with Crippen molar-refractivity contribution in [3.63, 3.8) is 0 Å². The summed E-state index contributed by atoms with van der Waals surface area (Å²) in [6, 6.07) is 10.8. The van der Waals surface area contributed by atoms with Crippen LogP contribution in [0.4, 0.5) is 11.6 Å². The number of rotatable bonds is 5. The SMILES string of the molecule is C[C@H](OC(=O)c1ccc([N+](=O)[O-])o1)C(=O)Nc1ccccc1. The van der Waals surface area contributed by atoms with Gasteiger partial charge < -0.3 is 14.5 Å². The van der Waals surface area contributed by atoms with Crippen LogP contribution in [-0.2, 0) is 9.53 Å². The number of nitrogens with zero attached hydrogens (tertiary/aromatic N) is 1. The van der Waals surface area contributed by atoms with Gasteiger partial charge in [-0.25, -0.2) is 4.79 Å². The van der Waals surface area contributed by atoms with Crippen LogP contribution in [0.5, 0.6) is 0 Å². The molecule has 0 saturated carbocycles. The van der Waals surface area contributed by atoms with Gasteiger partial charge in [0.05, 0.1) is 6.07 Å². The van der Waals surface area contributed by atoms with E-state index in [9.17, 15) is 19.7 Å². The quantitative estimate of drug-likeness (QED) is 0.515. The largest absolute Gasteiger partial charge is 0.447 e. The molecule has 1 aromatic heterocycles. The highest BCUT2D eigenvalue weighted by Gasteiger charge is 2.23. The summed E-state index contributed by atoms with van der Waals surface area (Å²) >= 11 is 0. The van der Waals surface area contributed by atoms with Crippen LogP contribution in [0.25, 0.3) is 0 Å². The summed E-state index contributed by atoms with van der Waals surface area (Å²) in [4.78, 5) is 33.3. The number of hydrogen-bond donors (Lipinski definition) is 1. The number of amides is 1. The molecule has 0 aliphatic carbocycles. The van der Waals surface area contributed by atoms with Crippen molar-refractivity contribution in [1.29, 1.82) is 0 Å². The highest BCUT2D eigenvalue weighted by molar-refractivity contribution is 5.96. The van der Waals surface area contributed by atoms with Crippen LogP contribution >= 0.6 is 0 Å². The lowest BCUT2D eigenvalue weighted by Gasteiger charge is -2.12. The molecule has 22 heavy (non-hydrogen) atoms. The summed E-state index contributed by atoms with van der Waals surface area (Å²) in [5.41, 5.74) is 0.559. The number of nitro groups is 1. The first kappa shape index (κ1) is 15.2. The monoisotopic (exact) mass is 304 g/mol. The van der Waals surface area contributed by atoms with Gasteiger partial charge in [-0.05, 0) is 25.1 Å². The number of para-hydroxylation sites is 1. The molecule has 1 N–H and O–H groups in total. The Labute approximate surface area is 124 Å². The first-order valence-corrected chi connectivity index (χ1v) is 6.28. The van der Waals surface area contributed by atoms with Gasteiger partial charge in [-0.15, -0.1) is 0 Å². The number of anilines is 1. The fourth-order valence-corrected chi connectivity index (χ4v) is 1.57. The zero-order valence-corrected chi connectivity index (χ0v) is 11.5. The summed E-state index contributed by atoms with van der Waals surface area (Å²) in [5, 5.41) is 13.0. The second kappa shape index (κ2) is 6.53. The van der Waals surface area contributed by atoms with Crippen LogP contribution in [0.15, 0.2) is 46.9 Å². The minimum absolute atomic E-state index is 0.342. The zero-order valence-electron chi connectivity index (χ0n) is 11.5. The van der Waals surface area contributed by atoms with Gasteiger partial charge >= 0.3 is 11.9 Å². The van der Waals surface area contributed by atoms with E-state index in [1.807, 2.05) is 0 Å². The molecule has 2 aromatic rings. The van der Waals surface area contributed by atoms with Gasteiger partial charge in [0.1, 0.15) is 4.92 Å². The van der Waals surface area contributed by atoms with Crippen LogP contribution in [0.1, 0.15) is 17.5 Å². The summed E-state index contributed by atoms with van der Waals surface area (Å²) in [6.07, 6.45) is -1.09. The minimum Gasteiger partial charge on any atom is -0.447 e. The Bertz CT molecular complexity index is 694. The van der Waals surface area contributed by atoms with E-state index in [1.165, 1.54) is 6.92 Å². The lowest BCUT2D eigenvalue weighted by molar-refractivity contribution is -0.402. The zero-order chi connectivity index (χ0) is 16.1. The van der Waals surface area contributed by atoms with Gasteiger partial charge in [-0.3, -0.25) is 14.9 Å². The lowest BCUT2D eigenvalue weighted by Crippen LogP contribution is -2.29. The summed E-state index contributed by atoms with van der Waals surface area (Å²) in [7, 11) is 0.